The van der Waals surface area contributed by atoms with Gasteiger partial charge in [0.2, 0.25) is 0 Å². The number of hydrogen-bond donors (Lipinski definition) is 1. The fourth-order valence-corrected chi connectivity index (χ4v) is 2.40. The van der Waals surface area contributed by atoms with E-state index in [1.165, 1.54) is 0 Å². The van der Waals surface area contributed by atoms with Crippen LogP contribution in [-0.2, 0) is 16.1 Å². The van der Waals surface area contributed by atoms with Crippen molar-refractivity contribution in [2.45, 2.75) is 26.1 Å². The van der Waals surface area contributed by atoms with E-state index in [-0.39, 0.29) is 12.6 Å². The molecule has 0 spiro atoms. The highest BCUT2D eigenvalue weighted by Gasteiger charge is 2.30. The van der Waals surface area contributed by atoms with E-state index in [0.29, 0.717) is 41.2 Å². The van der Waals surface area contributed by atoms with E-state index in [1.807, 2.05) is 6.92 Å². The highest BCUT2D eigenvalue weighted by Crippen LogP contribution is 2.38. The van der Waals surface area contributed by atoms with Crippen LogP contribution in [0.15, 0.2) is 16.6 Å². The molecule has 2 rings (SSSR count). The molecule has 0 amide bonds. The third kappa shape index (κ3) is 3.19. The van der Waals surface area contributed by atoms with Gasteiger partial charge in [0.05, 0.1) is 24.3 Å². The minimum absolute atomic E-state index is 0.0928. The van der Waals surface area contributed by atoms with Gasteiger partial charge >= 0.3 is 5.97 Å². The Bertz CT molecular complexity index is 474. The lowest BCUT2D eigenvalue weighted by atomic mass is 10.2. The van der Waals surface area contributed by atoms with Gasteiger partial charge in [-0.2, -0.15) is 0 Å². The minimum atomic E-state index is -0.601. The number of esters is 1. The number of carbonyl (C=O) groups excluding carboxylic acids is 1. The minimum Gasteiger partial charge on any atom is -0.490 e. The van der Waals surface area contributed by atoms with Crippen LogP contribution in [-0.4, -0.2) is 30.4 Å². The summed E-state index contributed by atoms with van der Waals surface area (Å²) in [4.78, 5) is 11.4. The van der Waals surface area contributed by atoms with Crippen LogP contribution in [0, 0.1) is 0 Å². The highest BCUT2D eigenvalue weighted by molar-refractivity contribution is 9.10. The van der Waals surface area contributed by atoms with Crippen LogP contribution >= 0.6 is 15.9 Å². The van der Waals surface area contributed by atoms with Gasteiger partial charge in [0.1, 0.15) is 0 Å². The standard InChI is InChI=1S/C13H15BrO5/c1-2-17-11-6-8(7-15)5-9(14)12(11)19-10-3-4-18-13(10)16/h5-6,10,15H,2-4,7H2,1H3. The van der Waals surface area contributed by atoms with Crippen LogP contribution in [0.1, 0.15) is 18.9 Å². The quantitative estimate of drug-likeness (QED) is 0.837. The van der Waals surface area contributed by atoms with Crippen LogP contribution in [0.3, 0.4) is 0 Å². The first kappa shape index (κ1) is 14.1. The molecule has 1 atom stereocenters. The lowest BCUT2D eigenvalue weighted by Crippen LogP contribution is -2.22. The number of rotatable bonds is 5. The van der Waals surface area contributed by atoms with Crippen molar-refractivity contribution >= 4 is 21.9 Å². The fraction of sp³-hybridized carbons (Fsp3) is 0.462. The molecule has 1 aliphatic rings. The van der Waals surface area contributed by atoms with Gasteiger partial charge in [-0.3, -0.25) is 0 Å². The summed E-state index contributed by atoms with van der Waals surface area (Å²) in [6.45, 7) is 2.60. The molecule has 1 aromatic rings. The Labute approximate surface area is 119 Å². The van der Waals surface area contributed by atoms with E-state index >= 15 is 0 Å². The Morgan fingerprint density at radius 3 is 2.89 bits per heavy atom. The molecule has 1 N–H and O–H groups in total. The number of halogens is 1. The lowest BCUT2D eigenvalue weighted by Gasteiger charge is -2.17. The number of carbonyl (C=O) groups is 1. The van der Waals surface area contributed by atoms with Gasteiger partial charge in [-0.1, -0.05) is 0 Å². The zero-order valence-electron chi connectivity index (χ0n) is 10.5. The molecule has 1 heterocycles. The largest absolute Gasteiger partial charge is 0.490 e. The lowest BCUT2D eigenvalue weighted by molar-refractivity contribution is -0.143. The molecular formula is C13H15BrO5. The van der Waals surface area contributed by atoms with Crippen molar-refractivity contribution < 1.29 is 24.1 Å². The van der Waals surface area contributed by atoms with Gasteiger partial charge < -0.3 is 19.3 Å². The van der Waals surface area contributed by atoms with Crippen LogP contribution in [0.2, 0.25) is 0 Å². The number of ether oxygens (including phenoxy) is 3. The number of aliphatic hydroxyl groups is 1. The summed E-state index contributed by atoms with van der Waals surface area (Å²) in [5, 5.41) is 9.18. The third-order valence-corrected chi connectivity index (χ3v) is 3.29. The fourth-order valence-electron chi connectivity index (χ4n) is 1.82. The van der Waals surface area contributed by atoms with Gasteiger partial charge in [-0.15, -0.1) is 0 Å². The van der Waals surface area contributed by atoms with Crippen molar-refractivity contribution in [2.75, 3.05) is 13.2 Å². The highest BCUT2D eigenvalue weighted by atomic mass is 79.9. The second-order valence-electron chi connectivity index (χ2n) is 4.06. The molecule has 0 bridgehead atoms. The van der Waals surface area contributed by atoms with Crippen molar-refractivity contribution in [3.05, 3.63) is 22.2 Å². The molecule has 1 aromatic carbocycles. The second-order valence-corrected chi connectivity index (χ2v) is 4.91. The maximum atomic E-state index is 11.4. The van der Waals surface area contributed by atoms with Crippen LogP contribution in [0.4, 0.5) is 0 Å². The average molecular weight is 331 g/mol. The molecule has 1 unspecified atom stereocenters. The summed E-state index contributed by atoms with van der Waals surface area (Å²) in [5.74, 6) is 0.601. The van der Waals surface area contributed by atoms with Gasteiger partial charge in [-0.05, 0) is 40.5 Å². The van der Waals surface area contributed by atoms with Gasteiger partial charge in [0.15, 0.2) is 17.6 Å². The van der Waals surface area contributed by atoms with E-state index in [9.17, 15) is 9.90 Å². The molecular weight excluding hydrogens is 316 g/mol. The molecule has 6 heteroatoms. The summed E-state index contributed by atoms with van der Waals surface area (Å²) >= 11 is 3.37. The van der Waals surface area contributed by atoms with Crippen molar-refractivity contribution in [1.29, 1.82) is 0 Å². The van der Waals surface area contributed by atoms with Crippen molar-refractivity contribution in [3.63, 3.8) is 0 Å². The first-order valence-electron chi connectivity index (χ1n) is 6.05. The Morgan fingerprint density at radius 1 is 1.53 bits per heavy atom. The topological polar surface area (TPSA) is 65.0 Å². The van der Waals surface area contributed by atoms with Crippen molar-refractivity contribution in [1.82, 2.24) is 0 Å². The Hall–Kier alpha value is -1.27. The summed E-state index contributed by atoms with van der Waals surface area (Å²) in [7, 11) is 0. The summed E-state index contributed by atoms with van der Waals surface area (Å²) in [6, 6.07) is 3.43. The summed E-state index contributed by atoms with van der Waals surface area (Å²) in [5.41, 5.74) is 0.705. The molecule has 0 aliphatic carbocycles. The van der Waals surface area contributed by atoms with Crippen molar-refractivity contribution in [3.8, 4) is 11.5 Å². The van der Waals surface area contributed by atoms with E-state index in [2.05, 4.69) is 15.9 Å². The Morgan fingerprint density at radius 2 is 2.32 bits per heavy atom. The molecule has 19 heavy (non-hydrogen) atoms. The number of cyclic esters (lactones) is 1. The van der Waals surface area contributed by atoms with Crippen LogP contribution in [0.5, 0.6) is 11.5 Å². The van der Waals surface area contributed by atoms with Crippen LogP contribution < -0.4 is 9.47 Å². The average Bonchev–Trinajstić information content (AvgIpc) is 2.79. The SMILES string of the molecule is CCOc1cc(CO)cc(Br)c1OC1CCOC1=O. The zero-order chi connectivity index (χ0) is 13.8. The van der Waals surface area contributed by atoms with E-state index in [1.54, 1.807) is 12.1 Å². The summed E-state index contributed by atoms with van der Waals surface area (Å²) in [6.07, 6.45) is -0.0750. The molecule has 0 aromatic heterocycles. The van der Waals surface area contributed by atoms with Gasteiger partial charge in [0, 0.05) is 6.42 Å². The smallest absolute Gasteiger partial charge is 0.347 e. The Balaban J connectivity index is 2.29. The van der Waals surface area contributed by atoms with E-state index in [0.717, 1.165) is 0 Å². The normalized spacial score (nSPS) is 18.3. The predicted molar refractivity (Wildman–Crippen MR) is 71.2 cm³/mol. The van der Waals surface area contributed by atoms with E-state index in [4.69, 9.17) is 14.2 Å². The monoisotopic (exact) mass is 330 g/mol. The number of benzene rings is 1. The second kappa shape index (κ2) is 6.25. The van der Waals surface area contributed by atoms with Crippen LogP contribution in [0.25, 0.3) is 0 Å². The number of hydrogen-bond acceptors (Lipinski definition) is 5. The molecule has 1 fully saturated rings. The summed E-state index contributed by atoms with van der Waals surface area (Å²) < 4.78 is 16.7. The Kier molecular flexibility index (Phi) is 4.66. The molecule has 1 aliphatic heterocycles. The first-order valence-corrected chi connectivity index (χ1v) is 6.84. The van der Waals surface area contributed by atoms with Crippen molar-refractivity contribution in [2.24, 2.45) is 0 Å². The third-order valence-electron chi connectivity index (χ3n) is 2.70. The van der Waals surface area contributed by atoms with Gasteiger partial charge in [0.25, 0.3) is 0 Å². The van der Waals surface area contributed by atoms with Gasteiger partial charge in [-0.25, -0.2) is 4.79 Å². The first-order chi connectivity index (χ1) is 9.15. The maximum Gasteiger partial charge on any atom is 0.347 e. The predicted octanol–water partition coefficient (Wildman–Crippen LogP) is 2.03. The molecule has 0 saturated carbocycles. The molecule has 104 valence electrons. The maximum absolute atomic E-state index is 11.4. The van der Waals surface area contributed by atoms with E-state index < -0.39 is 6.10 Å². The molecule has 1 saturated heterocycles. The zero-order valence-corrected chi connectivity index (χ0v) is 12.1. The molecule has 0 radical (unpaired) electrons. The number of aliphatic hydroxyl groups excluding tert-OH is 1. The molecule has 5 nitrogen and oxygen atoms in total.